The highest BCUT2D eigenvalue weighted by Gasteiger charge is 2.17. The van der Waals surface area contributed by atoms with E-state index in [1.54, 1.807) is 12.1 Å². The Morgan fingerprint density at radius 3 is 2.74 bits per heavy atom. The van der Waals surface area contributed by atoms with E-state index in [4.69, 9.17) is 5.73 Å². The van der Waals surface area contributed by atoms with Gasteiger partial charge in [-0.3, -0.25) is 4.79 Å². The molecule has 5 nitrogen and oxygen atoms in total. The number of carbonyl (C=O) groups excluding carboxylic acids is 1. The van der Waals surface area contributed by atoms with Gasteiger partial charge in [0.1, 0.15) is 5.82 Å². The van der Waals surface area contributed by atoms with Crippen molar-refractivity contribution in [1.82, 2.24) is 9.88 Å². The molecule has 0 unspecified atom stereocenters. The zero-order valence-corrected chi connectivity index (χ0v) is 11.4. The van der Waals surface area contributed by atoms with Crippen molar-refractivity contribution in [1.29, 1.82) is 0 Å². The largest absolute Gasteiger partial charge is 0.370 e. The molecule has 1 saturated heterocycles. The number of nitrogens with two attached hydrogens (primary N) is 1. The van der Waals surface area contributed by atoms with Gasteiger partial charge in [-0.2, -0.15) is 0 Å². The summed E-state index contributed by atoms with van der Waals surface area (Å²) in [6, 6.07) is 3.51. The topological polar surface area (TPSA) is 71.2 Å². The highest BCUT2D eigenvalue weighted by Crippen LogP contribution is 2.17. The van der Waals surface area contributed by atoms with Crippen LogP contribution in [0.3, 0.4) is 0 Å². The van der Waals surface area contributed by atoms with Gasteiger partial charge in [-0.1, -0.05) is 6.92 Å². The van der Waals surface area contributed by atoms with Gasteiger partial charge in [-0.05, 0) is 50.5 Å². The van der Waals surface area contributed by atoms with Crippen molar-refractivity contribution in [2.24, 2.45) is 11.7 Å². The van der Waals surface area contributed by atoms with E-state index in [-0.39, 0.29) is 0 Å². The number of aromatic nitrogens is 1. The fraction of sp³-hybridized carbons (Fsp3) is 0.571. The number of likely N-dealkylation sites (tertiary alicyclic amines) is 1. The van der Waals surface area contributed by atoms with Crippen LogP contribution in [0, 0.1) is 5.92 Å². The van der Waals surface area contributed by atoms with E-state index in [1.807, 2.05) is 0 Å². The standard InChI is InChI=1S/C14H22N4O/c1-2-18-7-5-11(6-8-18)9-16-13-4-3-12(10-17-13)14(15)19/h3-4,10-11H,2,5-9H2,1H3,(H2,15,19)(H,16,17). The van der Waals surface area contributed by atoms with Gasteiger partial charge in [0.15, 0.2) is 0 Å². The van der Waals surface area contributed by atoms with Crippen LogP contribution in [-0.2, 0) is 0 Å². The van der Waals surface area contributed by atoms with E-state index in [2.05, 4.69) is 22.1 Å². The van der Waals surface area contributed by atoms with Gasteiger partial charge < -0.3 is 16.0 Å². The van der Waals surface area contributed by atoms with Gasteiger partial charge in [0, 0.05) is 12.7 Å². The number of anilines is 1. The van der Waals surface area contributed by atoms with Gasteiger partial charge >= 0.3 is 0 Å². The normalized spacial score (nSPS) is 17.3. The predicted molar refractivity (Wildman–Crippen MR) is 76.1 cm³/mol. The summed E-state index contributed by atoms with van der Waals surface area (Å²) >= 11 is 0. The van der Waals surface area contributed by atoms with E-state index in [0.717, 1.165) is 18.9 Å². The fourth-order valence-corrected chi connectivity index (χ4v) is 2.40. The summed E-state index contributed by atoms with van der Waals surface area (Å²) in [4.78, 5) is 17.6. The summed E-state index contributed by atoms with van der Waals surface area (Å²) < 4.78 is 0. The predicted octanol–water partition coefficient (Wildman–Crippen LogP) is 1.32. The number of amides is 1. The monoisotopic (exact) mass is 262 g/mol. The first-order chi connectivity index (χ1) is 9.19. The molecule has 1 aliphatic rings. The first kappa shape index (κ1) is 13.8. The zero-order chi connectivity index (χ0) is 13.7. The van der Waals surface area contributed by atoms with Gasteiger partial charge in [-0.15, -0.1) is 0 Å². The smallest absolute Gasteiger partial charge is 0.250 e. The average molecular weight is 262 g/mol. The minimum absolute atomic E-state index is 0.439. The average Bonchev–Trinajstić information content (AvgIpc) is 2.46. The van der Waals surface area contributed by atoms with Crippen molar-refractivity contribution in [2.75, 3.05) is 31.5 Å². The molecule has 0 saturated carbocycles. The van der Waals surface area contributed by atoms with Gasteiger partial charge in [0.05, 0.1) is 5.56 Å². The lowest BCUT2D eigenvalue weighted by Gasteiger charge is -2.31. The molecule has 0 aromatic carbocycles. The van der Waals surface area contributed by atoms with E-state index in [1.165, 1.54) is 32.1 Å². The molecule has 0 bridgehead atoms. The van der Waals surface area contributed by atoms with Crippen LogP contribution in [0.25, 0.3) is 0 Å². The molecular formula is C14H22N4O. The van der Waals surface area contributed by atoms with Crippen LogP contribution >= 0.6 is 0 Å². The molecule has 0 atom stereocenters. The Labute approximate surface area is 114 Å². The van der Waals surface area contributed by atoms with Crippen LogP contribution in [0.15, 0.2) is 18.3 Å². The Balaban J connectivity index is 1.78. The molecule has 0 spiro atoms. The minimum Gasteiger partial charge on any atom is -0.370 e. The first-order valence-corrected chi connectivity index (χ1v) is 6.91. The molecule has 1 amide bonds. The molecule has 1 aromatic rings. The molecule has 3 N–H and O–H groups in total. The van der Waals surface area contributed by atoms with Crippen molar-refractivity contribution in [3.63, 3.8) is 0 Å². The van der Waals surface area contributed by atoms with Crippen molar-refractivity contribution < 1.29 is 4.79 Å². The molecule has 1 fully saturated rings. The number of hydrogen-bond acceptors (Lipinski definition) is 4. The van der Waals surface area contributed by atoms with Crippen LogP contribution in [-0.4, -0.2) is 42.0 Å². The lowest BCUT2D eigenvalue weighted by atomic mass is 9.97. The molecule has 1 aliphatic heterocycles. The van der Waals surface area contributed by atoms with Crippen molar-refractivity contribution >= 4 is 11.7 Å². The minimum atomic E-state index is -0.439. The lowest BCUT2D eigenvalue weighted by molar-refractivity contribution is 0.1000. The number of pyridine rings is 1. The molecule has 2 heterocycles. The number of nitrogens with one attached hydrogen (secondary N) is 1. The highest BCUT2D eigenvalue weighted by molar-refractivity contribution is 5.92. The second-order valence-corrected chi connectivity index (χ2v) is 5.05. The van der Waals surface area contributed by atoms with E-state index < -0.39 is 5.91 Å². The third kappa shape index (κ3) is 3.92. The molecule has 1 aromatic heterocycles. The van der Waals surface area contributed by atoms with E-state index >= 15 is 0 Å². The fourth-order valence-electron chi connectivity index (χ4n) is 2.40. The number of nitrogens with zero attached hydrogens (tertiary/aromatic N) is 2. The van der Waals surface area contributed by atoms with Gasteiger partial charge in [0.2, 0.25) is 5.91 Å². The maximum Gasteiger partial charge on any atom is 0.250 e. The van der Waals surface area contributed by atoms with Gasteiger partial charge in [0.25, 0.3) is 0 Å². The first-order valence-electron chi connectivity index (χ1n) is 6.91. The number of rotatable bonds is 5. The maximum atomic E-state index is 10.9. The van der Waals surface area contributed by atoms with Crippen LogP contribution in [0.4, 0.5) is 5.82 Å². The number of carbonyl (C=O) groups is 1. The summed E-state index contributed by atoms with van der Waals surface area (Å²) in [5.74, 6) is 1.08. The molecule has 19 heavy (non-hydrogen) atoms. The van der Waals surface area contributed by atoms with Crippen molar-refractivity contribution in [3.8, 4) is 0 Å². The summed E-state index contributed by atoms with van der Waals surface area (Å²) in [7, 11) is 0. The van der Waals surface area contributed by atoms with Crippen LogP contribution < -0.4 is 11.1 Å². The summed E-state index contributed by atoms with van der Waals surface area (Å²) in [5.41, 5.74) is 5.62. The molecule has 0 aliphatic carbocycles. The Morgan fingerprint density at radius 2 is 2.21 bits per heavy atom. The van der Waals surface area contributed by atoms with E-state index in [9.17, 15) is 4.79 Å². The Kier molecular flexibility index (Phi) is 4.74. The summed E-state index contributed by atoms with van der Waals surface area (Å²) in [5, 5.41) is 3.33. The second-order valence-electron chi connectivity index (χ2n) is 5.05. The second kappa shape index (κ2) is 6.52. The molecule has 5 heteroatoms. The third-order valence-electron chi connectivity index (χ3n) is 3.77. The molecule has 0 radical (unpaired) electrons. The number of primary amides is 1. The Bertz CT molecular complexity index is 410. The van der Waals surface area contributed by atoms with Crippen molar-refractivity contribution in [3.05, 3.63) is 23.9 Å². The SMILES string of the molecule is CCN1CCC(CNc2ccc(C(N)=O)cn2)CC1. The van der Waals surface area contributed by atoms with Crippen LogP contribution in [0.2, 0.25) is 0 Å². The summed E-state index contributed by atoms with van der Waals surface area (Å²) in [6.07, 6.45) is 3.99. The van der Waals surface area contributed by atoms with Crippen molar-refractivity contribution in [2.45, 2.75) is 19.8 Å². The number of hydrogen-bond donors (Lipinski definition) is 2. The zero-order valence-electron chi connectivity index (χ0n) is 11.4. The van der Waals surface area contributed by atoms with E-state index in [0.29, 0.717) is 11.5 Å². The summed E-state index contributed by atoms with van der Waals surface area (Å²) in [6.45, 7) is 6.69. The quantitative estimate of drug-likeness (QED) is 0.839. The third-order valence-corrected chi connectivity index (χ3v) is 3.77. The van der Waals surface area contributed by atoms with Crippen LogP contribution in [0.1, 0.15) is 30.1 Å². The molecule has 2 rings (SSSR count). The Morgan fingerprint density at radius 1 is 1.47 bits per heavy atom. The maximum absolute atomic E-state index is 10.9. The lowest BCUT2D eigenvalue weighted by Crippen LogP contribution is -2.35. The number of piperidine rings is 1. The molecule has 104 valence electrons. The molecular weight excluding hydrogens is 240 g/mol. The van der Waals surface area contributed by atoms with Gasteiger partial charge in [-0.25, -0.2) is 4.98 Å². The van der Waals surface area contributed by atoms with Crippen LogP contribution in [0.5, 0.6) is 0 Å². The Hall–Kier alpha value is -1.62. The highest BCUT2D eigenvalue weighted by atomic mass is 16.1.